The maximum atomic E-state index is 17.5. The number of carbonyl (C=O) groups is 1. The number of carbonyl (C=O) groups excluding carboxylic acids is 1. The summed E-state index contributed by atoms with van der Waals surface area (Å²) in [5, 5.41) is 27.9. The van der Waals surface area contributed by atoms with Crippen molar-refractivity contribution >= 4 is 5.91 Å². The van der Waals surface area contributed by atoms with Gasteiger partial charge in [-0.05, 0) is 107 Å². The molecule has 14 heteroatoms. The van der Waals surface area contributed by atoms with Crippen LogP contribution < -0.4 is 5.73 Å². The molecule has 2 fully saturated rings. The molecule has 4 bridgehead atoms. The van der Waals surface area contributed by atoms with Gasteiger partial charge >= 0.3 is 0 Å². The molecule has 4 aromatic heterocycles. The lowest BCUT2D eigenvalue weighted by Gasteiger charge is -2.37. The zero-order chi connectivity index (χ0) is 41.4. The minimum absolute atomic E-state index is 0.0219. The first-order chi connectivity index (χ1) is 28.2. The number of halogens is 4. The largest absolute Gasteiger partial charge is 0.364 e. The number of nitrogens with zero attached hydrogens (tertiary/aromatic N) is 8. The first-order valence-corrected chi connectivity index (χ1v) is 19.4. The van der Waals surface area contributed by atoms with E-state index in [0.29, 0.717) is 34.8 Å². The van der Waals surface area contributed by atoms with Crippen LogP contribution in [0, 0.1) is 45.4 Å². The molecule has 59 heavy (non-hydrogen) atoms. The first-order valence-electron chi connectivity index (χ1n) is 19.4. The standard InChI is InChI=1S/C45H35F4N9O/c1-42(2)26-13-14-44(42,34-20-52-19-32(54-34)41(51)59)39-23(26)15-31(56-57-39)36-29(48)12-11-22(38(36)49)25-17-45(33-10-5-7-21(18-50)53-33)40-24(37(25)43(45,3)4)16-30(55-58-40)35-27(46)8-6-9-28(35)47/h5-12,15-16,19-20,25-26,37H,13-14,17H2,1-4H3,(H2,51,59)/t25?,26-,37+,44-,45-/m1/s1. The molecular formula is C45H35F4N9O. The van der Waals surface area contributed by atoms with E-state index in [4.69, 9.17) is 10.7 Å². The summed E-state index contributed by atoms with van der Waals surface area (Å²) in [6, 6.07) is 16.8. The fourth-order valence-corrected chi connectivity index (χ4v) is 11.7. The lowest BCUT2D eigenvalue weighted by molar-refractivity contribution is 0.0994. The number of hydrogen-bond acceptors (Lipinski definition) is 9. The SMILES string of the molecule is CC1(C)[C@@H]2CC[C@@]1(c1cncc(C(N)=O)n1)c1nnc(-c3c(F)ccc(C4C[C@@]5(c6cccc(C#N)n6)c6nnc(-c7c(F)cccc7F)cc6[C@@H]4C5(C)C)c3F)cc12. The maximum absolute atomic E-state index is 17.5. The van der Waals surface area contributed by atoms with Crippen LogP contribution in [0.1, 0.15) is 120 Å². The molecule has 1 amide bonds. The molecule has 0 radical (unpaired) electrons. The Morgan fingerprint density at radius 3 is 2.12 bits per heavy atom. The number of benzene rings is 2. The molecule has 4 aliphatic rings. The highest BCUT2D eigenvalue weighted by atomic mass is 19.1. The Hall–Kier alpha value is -6.49. The van der Waals surface area contributed by atoms with Crippen LogP contribution in [-0.4, -0.2) is 41.3 Å². The second-order valence-electron chi connectivity index (χ2n) is 17.3. The number of rotatable bonds is 6. The molecule has 10 rings (SSSR count). The zero-order valence-corrected chi connectivity index (χ0v) is 32.4. The molecule has 2 saturated carbocycles. The van der Waals surface area contributed by atoms with Gasteiger partial charge in [-0.3, -0.25) is 9.78 Å². The van der Waals surface area contributed by atoms with E-state index >= 15 is 17.6 Å². The molecular weight excluding hydrogens is 759 g/mol. The van der Waals surface area contributed by atoms with Crippen molar-refractivity contribution in [2.45, 2.75) is 75.5 Å². The van der Waals surface area contributed by atoms with E-state index < -0.39 is 62.7 Å². The second kappa shape index (κ2) is 12.3. The fraction of sp³-hybridized carbons (Fsp3) is 0.311. The van der Waals surface area contributed by atoms with Crippen molar-refractivity contribution in [1.29, 1.82) is 5.26 Å². The van der Waals surface area contributed by atoms with E-state index in [2.05, 4.69) is 50.3 Å². The van der Waals surface area contributed by atoms with Crippen LogP contribution in [0.4, 0.5) is 17.6 Å². The third-order valence-corrected chi connectivity index (χ3v) is 14.4. The van der Waals surface area contributed by atoms with Gasteiger partial charge in [-0.15, -0.1) is 10.2 Å². The smallest absolute Gasteiger partial charge is 0.268 e. The summed E-state index contributed by atoms with van der Waals surface area (Å²) < 4.78 is 64.0. The van der Waals surface area contributed by atoms with Crippen molar-refractivity contribution in [1.82, 2.24) is 35.3 Å². The number of hydrogen-bond donors (Lipinski definition) is 1. The summed E-state index contributed by atoms with van der Waals surface area (Å²) in [6.07, 6.45) is 4.59. The van der Waals surface area contributed by atoms with Crippen LogP contribution >= 0.6 is 0 Å². The third kappa shape index (κ3) is 4.61. The second-order valence-corrected chi connectivity index (χ2v) is 17.3. The highest BCUT2D eigenvalue weighted by molar-refractivity contribution is 5.90. The zero-order valence-electron chi connectivity index (χ0n) is 32.4. The van der Waals surface area contributed by atoms with E-state index in [9.17, 15) is 10.1 Å². The predicted octanol–water partition coefficient (Wildman–Crippen LogP) is 8.11. The van der Waals surface area contributed by atoms with Crippen molar-refractivity contribution in [3.05, 3.63) is 147 Å². The van der Waals surface area contributed by atoms with Crippen molar-refractivity contribution in [3.8, 4) is 28.6 Å². The Bertz CT molecular complexity index is 2860. The van der Waals surface area contributed by atoms with Crippen LogP contribution in [0.5, 0.6) is 0 Å². The van der Waals surface area contributed by atoms with Gasteiger partial charge in [0.05, 0.1) is 62.3 Å². The van der Waals surface area contributed by atoms with Gasteiger partial charge in [0.15, 0.2) is 0 Å². The van der Waals surface area contributed by atoms with Crippen molar-refractivity contribution < 1.29 is 22.4 Å². The summed E-state index contributed by atoms with van der Waals surface area (Å²) in [5.74, 6) is -5.13. The van der Waals surface area contributed by atoms with E-state index in [1.807, 2.05) is 13.8 Å². The van der Waals surface area contributed by atoms with Crippen molar-refractivity contribution in [2.24, 2.45) is 16.6 Å². The van der Waals surface area contributed by atoms with Crippen LogP contribution in [0.3, 0.4) is 0 Å². The highest BCUT2D eigenvalue weighted by Crippen LogP contribution is 2.74. The molecule has 0 spiro atoms. The lowest BCUT2D eigenvalue weighted by Crippen LogP contribution is -2.38. The Morgan fingerprint density at radius 1 is 0.746 bits per heavy atom. The van der Waals surface area contributed by atoms with Crippen LogP contribution in [0.15, 0.2) is 73.1 Å². The van der Waals surface area contributed by atoms with E-state index in [1.54, 1.807) is 36.5 Å². The van der Waals surface area contributed by atoms with Crippen molar-refractivity contribution in [2.75, 3.05) is 0 Å². The normalized spacial score (nSPS) is 25.1. The van der Waals surface area contributed by atoms with Gasteiger partial charge < -0.3 is 5.73 Å². The molecule has 10 nitrogen and oxygen atoms in total. The third-order valence-electron chi connectivity index (χ3n) is 14.4. The average molecular weight is 794 g/mol. The van der Waals surface area contributed by atoms with Crippen LogP contribution in [0.25, 0.3) is 22.5 Å². The molecule has 0 saturated heterocycles. The lowest BCUT2D eigenvalue weighted by atomic mass is 9.66. The number of primary amides is 1. The molecule has 1 unspecified atom stereocenters. The predicted molar refractivity (Wildman–Crippen MR) is 205 cm³/mol. The van der Waals surface area contributed by atoms with Gasteiger partial charge in [0.25, 0.3) is 5.91 Å². The molecule has 2 aromatic carbocycles. The van der Waals surface area contributed by atoms with Crippen LogP contribution in [0.2, 0.25) is 0 Å². The topological polar surface area (TPSA) is 157 Å². The summed E-state index contributed by atoms with van der Waals surface area (Å²) in [4.78, 5) is 25.7. The van der Waals surface area contributed by atoms with Gasteiger partial charge in [-0.1, -0.05) is 45.9 Å². The molecule has 294 valence electrons. The molecule has 5 atom stereocenters. The number of fused-ring (bicyclic) bond motifs is 10. The quantitative estimate of drug-likeness (QED) is 0.165. The summed E-state index contributed by atoms with van der Waals surface area (Å²) in [7, 11) is 0. The van der Waals surface area contributed by atoms with Gasteiger partial charge in [-0.2, -0.15) is 15.5 Å². The van der Waals surface area contributed by atoms with Gasteiger partial charge in [-0.25, -0.2) is 27.5 Å². The fourth-order valence-electron chi connectivity index (χ4n) is 11.7. The molecule has 4 heterocycles. The summed E-state index contributed by atoms with van der Waals surface area (Å²) in [5.41, 5.74) is 5.93. The number of pyridine rings is 1. The average Bonchev–Trinajstić information content (AvgIpc) is 3.78. The summed E-state index contributed by atoms with van der Waals surface area (Å²) >= 11 is 0. The number of aromatic nitrogens is 7. The number of nitriles is 1. The minimum Gasteiger partial charge on any atom is -0.364 e. The molecule has 6 aromatic rings. The Labute approximate surface area is 336 Å². The van der Waals surface area contributed by atoms with Gasteiger partial charge in [0.2, 0.25) is 0 Å². The molecule has 2 N–H and O–H groups in total. The minimum atomic E-state index is -1.02. The Balaban J connectivity index is 1.13. The monoisotopic (exact) mass is 793 g/mol. The Kier molecular flexibility index (Phi) is 7.66. The van der Waals surface area contributed by atoms with E-state index in [1.165, 1.54) is 24.4 Å². The van der Waals surface area contributed by atoms with Gasteiger partial charge in [0, 0.05) is 6.20 Å². The Morgan fingerprint density at radius 2 is 1.41 bits per heavy atom. The number of nitrogens with two attached hydrogens (primary N) is 1. The van der Waals surface area contributed by atoms with E-state index in [-0.39, 0.29) is 51.8 Å². The van der Waals surface area contributed by atoms with Crippen LogP contribution in [-0.2, 0) is 10.8 Å². The van der Waals surface area contributed by atoms with Gasteiger partial charge in [0.1, 0.15) is 40.7 Å². The molecule has 4 aliphatic carbocycles. The van der Waals surface area contributed by atoms with Crippen molar-refractivity contribution in [3.63, 3.8) is 0 Å². The first kappa shape index (κ1) is 36.8. The van der Waals surface area contributed by atoms with E-state index in [0.717, 1.165) is 24.1 Å². The maximum Gasteiger partial charge on any atom is 0.268 e. The summed E-state index contributed by atoms with van der Waals surface area (Å²) in [6.45, 7) is 8.20. The highest BCUT2D eigenvalue weighted by Gasteiger charge is 2.69. The molecule has 0 aliphatic heterocycles. The number of amides is 1.